The van der Waals surface area contributed by atoms with Crippen LogP contribution >= 0.6 is 23.7 Å². The van der Waals surface area contributed by atoms with Gasteiger partial charge in [-0.15, -0.1) is 12.4 Å². The molecule has 1 aliphatic rings. The summed E-state index contributed by atoms with van der Waals surface area (Å²) in [7, 11) is 0. The van der Waals surface area contributed by atoms with Crippen molar-refractivity contribution >= 4 is 35.3 Å². The molecule has 0 saturated carbocycles. The van der Waals surface area contributed by atoms with Crippen LogP contribution in [0.15, 0.2) is 22.3 Å². The summed E-state index contributed by atoms with van der Waals surface area (Å²) in [4.78, 5) is 23.6. The van der Waals surface area contributed by atoms with E-state index in [1.165, 1.54) is 0 Å². The minimum Gasteiger partial charge on any atom is -0.324 e. The van der Waals surface area contributed by atoms with Crippen LogP contribution in [0.3, 0.4) is 0 Å². The molecule has 1 aromatic carbocycles. The third-order valence-corrected chi connectivity index (χ3v) is 4.90. The van der Waals surface area contributed by atoms with E-state index in [0.717, 1.165) is 29.1 Å². The fraction of sp³-hybridized carbons (Fsp3) is 0.375. The molecule has 8 heteroatoms. The number of nitrogens with one attached hydrogen (secondary N) is 2. The molecule has 5 nitrogen and oxygen atoms in total. The number of nitrogens with zero attached hydrogens (tertiary/aromatic N) is 1. The van der Waals surface area contributed by atoms with Gasteiger partial charge >= 0.3 is 4.87 Å². The van der Waals surface area contributed by atoms with Crippen molar-refractivity contribution in [2.45, 2.75) is 32.9 Å². The molecule has 1 aliphatic heterocycles. The van der Waals surface area contributed by atoms with Gasteiger partial charge in [0.2, 0.25) is 5.91 Å². The first-order valence-corrected chi connectivity index (χ1v) is 8.40. The number of rotatable bonds is 4. The lowest BCUT2D eigenvalue weighted by atomic mass is 9.99. The van der Waals surface area contributed by atoms with Crippen molar-refractivity contribution in [1.82, 2.24) is 9.88 Å². The van der Waals surface area contributed by atoms with E-state index in [-0.39, 0.29) is 41.1 Å². The van der Waals surface area contributed by atoms with Gasteiger partial charge in [-0.1, -0.05) is 17.4 Å². The number of fused-ring (bicyclic) bond motifs is 1. The largest absolute Gasteiger partial charge is 0.324 e. The van der Waals surface area contributed by atoms with Gasteiger partial charge in [-0.3, -0.25) is 9.59 Å². The molecule has 2 aromatic rings. The number of hydrogen-bond acceptors (Lipinski definition) is 4. The van der Waals surface area contributed by atoms with Crippen molar-refractivity contribution in [2.75, 3.05) is 11.9 Å². The normalized spacial score (nSPS) is 13.1. The number of carbonyl (C=O) groups excluding carboxylic acids is 1. The van der Waals surface area contributed by atoms with Crippen LogP contribution in [0.5, 0.6) is 0 Å². The number of anilines is 1. The predicted octanol–water partition coefficient (Wildman–Crippen LogP) is 2.45. The minimum atomic E-state index is -0.346. The van der Waals surface area contributed by atoms with Crippen LogP contribution in [-0.2, 0) is 24.3 Å². The number of halogens is 2. The maximum Gasteiger partial charge on any atom is 0.307 e. The number of aryl methyl sites for hydroxylation is 1. The molecule has 0 saturated heterocycles. The Morgan fingerprint density at radius 2 is 2.25 bits per heavy atom. The number of amides is 1. The van der Waals surface area contributed by atoms with E-state index in [2.05, 4.69) is 10.6 Å². The van der Waals surface area contributed by atoms with Gasteiger partial charge in [0.15, 0.2) is 0 Å². The van der Waals surface area contributed by atoms with E-state index >= 15 is 0 Å². The molecule has 0 atom stereocenters. The highest BCUT2D eigenvalue weighted by Gasteiger charge is 2.17. The Balaban J connectivity index is 0.00000208. The number of hydrogen-bond donors (Lipinski definition) is 2. The molecule has 130 valence electrons. The molecule has 1 aromatic heterocycles. The monoisotopic (exact) mass is 371 g/mol. The first-order chi connectivity index (χ1) is 11.1. The molecule has 2 N–H and O–H groups in total. The Morgan fingerprint density at radius 1 is 1.46 bits per heavy atom. The molecule has 0 bridgehead atoms. The zero-order valence-corrected chi connectivity index (χ0v) is 14.9. The van der Waals surface area contributed by atoms with E-state index in [9.17, 15) is 14.0 Å². The number of carbonyl (C=O) groups is 1. The molecule has 0 aliphatic carbocycles. The average molecular weight is 372 g/mol. The van der Waals surface area contributed by atoms with Crippen LogP contribution in [-0.4, -0.2) is 17.0 Å². The minimum absolute atomic E-state index is 0. The second-order valence-corrected chi connectivity index (χ2v) is 6.41. The van der Waals surface area contributed by atoms with E-state index < -0.39 is 0 Å². The molecule has 24 heavy (non-hydrogen) atoms. The lowest BCUT2D eigenvalue weighted by molar-refractivity contribution is -0.116. The topological polar surface area (TPSA) is 63.1 Å². The Kier molecular flexibility index (Phi) is 6.15. The second kappa shape index (κ2) is 7.92. The maximum absolute atomic E-state index is 14.5. The molecule has 1 amide bonds. The molecule has 0 spiro atoms. The Hall–Kier alpha value is -1.70. The van der Waals surface area contributed by atoms with Crippen molar-refractivity contribution in [1.29, 1.82) is 0 Å². The third-order valence-electron chi connectivity index (χ3n) is 4.02. The maximum atomic E-state index is 14.5. The van der Waals surface area contributed by atoms with Gasteiger partial charge in [-0.25, -0.2) is 4.39 Å². The Bertz CT molecular complexity index is 803. The van der Waals surface area contributed by atoms with Crippen molar-refractivity contribution in [2.24, 2.45) is 0 Å². The van der Waals surface area contributed by atoms with Gasteiger partial charge < -0.3 is 15.2 Å². The fourth-order valence-corrected chi connectivity index (χ4v) is 3.49. The predicted molar refractivity (Wildman–Crippen MR) is 95.6 cm³/mol. The van der Waals surface area contributed by atoms with Crippen LogP contribution in [0.4, 0.5) is 10.1 Å². The van der Waals surface area contributed by atoms with E-state index in [1.807, 2.05) is 13.0 Å². The first-order valence-electron chi connectivity index (χ1n) is 7.52. The number of benzene rings is 1. The smallest absolute Gasteiger partial charge is 0.307 e. The summed E-state index contributed by atoms with van der Waals surface area (Å²) in [5.74, 6) is -0.642. The molecular weight excluding hydrogens is 353 g/mol. The van der Waals surface area contributed by atoms with Crippen molar-refractivity contribution in [3.8, 4) is 0 Å². The summed E-state index contributed by atoms with van der Waals surface area (Å²) in [6, 6.07) is 3.44. The van der Waals surface area contributed by atoms with Gasteiger partial charge in [0.25, 0.3) is 0 Å². The van der Waals surface area contributed by atoms with Gasteiger partial charge in [0, 0.05) is 30.6 Å². The van der Waals surface area contributed by atoms with E-state index in [4.69, 9.17) is 0 Å². The summed E-state index contributed by atoms with van der Waals surface area (Å²) in [5, 5.41) is 7.57. The standard InChI is InChI=1S/C16H18FN3O2S.ClH/c1-10-9-23-16(22)20(10)7-5-14(21)19-13-3-2-11-8-18-6-4-12(11)15(13)17;/h2-3,9,18H,4-8H2,1H3,(H,19,21);1H. The van der Waals surface area contributed by atoms with Crippen LogP contribution in [0.2, 0.25) is 0 Å². The third kappa shape index (κ3) is 3.85. The number of thiazole rings is 1. The van der Waals surface area contributed by atoms with Crippen LogP contribution in [0.25, 0.3) is 0 Å². The summed E-state index contributed by atoms with van der Waals surface area (Å²) in [6.45, 7) is 3.52. The van der Waals surface area contributed by atoms with Gasteiger partial charge in [0.1, 0.15) is 5.82 Å². The highest BCUT2D eigenvalue weighted by atomic mass is 35.5. The summed E-state index contributed by atoms with van der Waals surface area (Å²) in [6.07, 6.45) is 0.754. The van der Waals surface area contributed by atoms with Gasteiger partial charge in [-0.2, -0.15) is 0 Å². The number of aromatic nitrogens is 1. The lowest BCUT2D eigenvalue weighted by Crippen LogP contribution is -2.25. The first kappa shape index (κ1) is 18.6. The molecule has 0 radical (unpaired) electrons. The van der Waals surface area contributed by atoms with Crippen LogP contribution < -0.4 is 15.5 Å². The summed E-state index contributed by atoms with van der Waals surface area (Å²) in [5.41, 5.74) is 2.66. The van der Waals surface area contributed by atoms with Crippen LogP contribution in [0.1, 0.15) is 23.2 Å². The highest BCUT2D eigenvalue weighted by molar-refractivity contribution is 7.07. The Labute approximate surface area is 149 Å². The van der Waals surface area contributed by atoms with E-state index in [1.54, 1.807) is 16.0 Å². The van der Waals surface area contributed by atoms with Crippen molar-refractivity contribution < 1.29 is 9.18 Å². The zero-order chi connectivity index (χ0) is 16.4. The molecule has 0 fully saturated rings. The molecule has 3 rings (SSSR count). The van der Waals surface area contributed by atoms with Gasteiger partial charge in [0.05, 0.1) is 5.69 Å². The summed E-state index contributed by atoms with van der Waals surface area (Å²) >= 11 is 1.11. The zero-order valence-electron chi connectivity index (χ0n) is 13.2. The average Bonchev–Trinajstić information content (AvgIpc) is 2.87. The van der Waals surface area contributed by atoms with E-state index in [0.29, 0.717) is 25.1 Å². The van der Waals surface area contributed by atoms with Crippen molar-refractivity contribution in [3.63, 3.8) is 0 Å². The van der Waals surface area contributed by atoms with Crippen LogP contribution in [0, 0.1) is 12.7 Å². The quantitative estimate of drug-likeness (QED) is 0.867. The Morgan fingerprint density at radius 3 is 2.96 bits per heavy atom. The fourth-order valence-electron chi connectivity index (χ4n) is 2.73. The second-order valence-electron chi connectivity index (χ2n) is 5.58. The molecule has 2 heterocycles. The SMILES string of the molecule is Cc1csc(=O)n1CCC(=O)Nc1ccc2c(c1F)CCNC2.Cl. The summed E-state index contributed by atoms with van der Waals surface area (Å²) < 4.78 is 16.0. The molecule has 0 unspecified atom stereocenters. The highest BCUT2D eigenvalue weighted by Crippen LogP contribution is 2.24. The lowest BCUT2D eigenvalue weighted by Gasteiger charge is -2.19. The van der Waals surface area contributed by atoms with Crippen molar-refractivity contribution in [3.05, 3.63) is 49.8 Å². The molecular formula is C16H19ClFN3O2S. The van der Waals surface area contributed by atoms with Gasteiger partial charge in [-0.05, 0) is 37.1 Å².